The molecule has 0 saturated carbocycles. The van der Waals surface area contributed by atoms with E-state index >= 15 is 0 Å². The molecule has 0 aliphatic rings. The summed E-state index contributed by atoms with van der Waals surface area (Å²) in [5.41, 5.74) is 4.89. The number of carbonyl (C=O) groups is 2. The number of likely N-dealkylation sites (N-methyl/N-ethyl adjacent to an activating group) is 1. The van der Waals surface area contributed by atoms with E-state index in [0.29, 0.717) is 0 Å². The van der Waals surface area contributed by atoms with E-state index in [4.69, 9.17) is 10.8 Å². The lowest BCUT2D eigenvalue weighted by atomic mass is 10.2. The van der Waals surface area contributed by atoms with Gasteiger partial charge in [-0.05, 0) is 0 Å². The third-order valence-electron chi connectivity index (χ3n) is 1.28. The Labute approximate surface area is 65.0 Å². The molecule has 0 spiro atoms. The van der Waals surface area contributed by atoms with Gasteiger partial charge < -0.3 is 15.3 Å². The SMILES string of the molecule is C[N+](C)(C)C(C(N)=O)C(=O)O. The van der Waals surface area contributed by atoms with Gasteiger partial charge in [-0.2, -0.15) is 0 Å². The fourth-order valence-electron chi connectivity index (χ4n) is 0.835. The highest BCUT2D eigenvalue weighted by Crippen LogP contribution is 2.01. The minimum Gasteiger partial charge on any atom is -0.476 e. The molecule has 0 aliphatic carbocycles. The van der Waals surface area contributed by atoms with Crippen LogP contribution in [-0.2, 0) is 9.59 Å². The van der Waals surface area contributed by atoms with Crippen LogP contribution >= 0.6 is 0 Å². The summed E-state index contributed by atoms with van der Waals surface area (Å²) < 4.78 is 0.00463. The largest absolute Gasteiger partial charge is 0.476 e. The molecule has 5 heteroatoms. The number of nitrogens with two attached hydrogens (primary N) is 1. The van der Waals surface area contributed by atoms with Crippen LogP contribution in [0.4, 0.5) is 0 Å². The van der Waals surface area contributed by atoms with E-state index in [9.17, 15) is 9.59 Å². The zero-order valence-electron chi connectivity index (χ0n) is 6.87. The van der Waals surface area contributed by atoms with Crippen LogP contribution in [0, 0.1) is 0 Å². The van der Waals surface area contributed by atoms with Gasteiger partial charge in [0.25, 0.3) is 11.9 Å². The first-order chi connectivity index (χ1) is 4.76. The lowest BCUT2D eigenvalue weighted by Gasteiger charge is -2.28. The number of primary amides is 1. The quantitative estimate of drug-likeness (QED) is 0.396. The van der Waals surface area contributed by atoms with E-state index in [0.717, 1.165) is 0 Å². The van der Waals surface area contributed by atoms with Crippen molar-refractivity contribution in [2.45, 2.75) is 6.04 Å². The summed E-state index contributed by atoms with van der Waals surface area (Å²) in [6.45, 7) is 0. The van der Waals surface area contributed by atoms with Crippen molar-refractivity contribution < 1.29 is 19.2 Å². The van der Waals surface area contributed by atoms with Crippen LogP contribution in [0.25, 0.3) is 0 Å². The first-order valence-electron chi connectivity index (χ1n) is 3.10. The Balaban J connectivity index is 4.63. The monoisotopic (exact) mass is 161 g/mol. The van der Waals surface area contributed by atoms with Gasteiger partial charge in [-0.25, -0.2) is 4.79 Å². The summed E-state index contributed by atoms with van der Waals surface area (Å²) in [4.78, 5) is 21.1. The molecule has 0 rings (SSSR count). The normalized spacial score (nSPS) is 14.1. The Bertz CT molecular complexity index is 169. The smallest absolute Gasteiger partial charge is 0.372 e. The third-order valence-corrected chi connectivity index (χ3v) is 1.28. The fourth-order valence-corrected chi connectivity index (χ4v) is 0.835. The molecule has 0 fully saturated rings. The lowest BCUT2D eigenvalue weighted by Crippen LogP contribution is -2.56. The lowest BCUT2D eigenvalue weighted by molar-refractivity contribution is -0.878. The van der Waals surface area contributed by atoms with Gasteiger partial charge in [-0.3, -0.25) is 4.79 Å². The zero-order valence-corrected chi connectivity index (χ0v) is 6.87. The van der Waals surface area contributed by atoms with Crippen molar-refractivity contribution in [2.24, 2.45) is 5.73 Å². The summed E-state index contributed by atoms with van der Waals surface area (Å²) in [6, 6.07) is -1.17. The maximum atomic E-state index is 10.6. The molecule has 1 atom stereocenters. The Hall–Kier alpha value is -1.10. The van der Waals surface area contributed by atoms with E-state index in [1.54, 1.807) is 21.1 Å². The molecule has 0 aromatic rings. The third kappa shape index (κ3) is 2.55. The number of amides is 1. The fraction of sp³-hybridized carbons (Fsp3) is 0.667. The maximum Gasteiger partial charge on any atom is 0.372 e. The number of rotatable bonds is 3. The summed E-state index contributed by atoms with van der Waals surface area (Å²) in [5, 5.41) is 8.56. The zero-order chi connectivity index (χ0) is 9.23. The van der Waals surface area contributed by atoms with E-state index in [2.05, 4.69) is 0 Å². The Morgan fingerprint density at radius 1 is 1.36 bits per heavy atom. The average molecular weight is 161 g/mol. The van der Waals surface area contributed by atoms with Crippen LogP contribution in [0.1, 0.15) is 0 Å². The van der Waals surface area contributed by atoms with Crippen LogP contribution in [0.3, 0.4) is 0 Å². The maximum absolute atomic E-state index is 10.6. The molecule has 64 valence electrons. The molecule has 0 aliphatic heterocycles. The van der Waals surface area contributed by atoms with Crippen molar-refractivity contribution in [1.29, 1.82) is 0 Å². The molecule has 0 saturated heterocycles. The van der Waals surface area contributed by atoms with Crippen molar-refractivity contribution in [3.8, 4) is 0 Å². The van der Waals surface area contributed by atoms with Crippen LogP contribution in [0.2, 0.25) is 0 Å². The highest BCUT2D eigenvalue weighted by molar-refractivity contribution is 5.98. The van der Waals surface area contributed by atoms with Gasteiger partial charge in [0.05, 0.1) is 21.1 Å². The average Bonchev–Trinajstić information content (AvgIpc) is 1.54. The molecular weight excluding hydrogens is 148 g/mol. The first kappa shape index (κ1) is 9.90. The van der Waals surface area contributed by atoms with Gasteiger partial charge >= 0.3 is 5.97 Å². The van der Waals surface area contributed by atoms with Crippen molar-refractivity contribution in [3.63, 3.8) is 0 Å². The molecule has 0 aromatic heterocycles. The molecular formula is C6H13N2O3+. The Morgan fingerprint density at radius 3 is 1.73 bits per heavy atom. The van der Waals surface area contributed by atoms with Crippen LogP contribution < -0.4 is 5.73 Å². The highest BCUT2D eigenvalue weighted by Gasteiger charge is 2.36. The Morgan fingerprint density at radius 2 is 1.73 bits per heavy atom. The van der Waals surface area contributed by atoms with Crippen molar-refractivity contribution >= 4 is 11.9 Å². The number of carboxylic acid groups (broad SMARTS) is 1. The molecule has 0 heterocycles. The molecule has 1 amide bonds. The molecule has 0 bridgehead atoms. The van der Waals surface area contributed by atoms with Gasteiger partial charge in [0, 0.05) is 0 Å². The van der Waals surface area contributed by atoms with Crippen molar-refractivity contribution in [2.75, 3.05) is 21.1 Å². The minimum absolute atomic E-state index is 0.00463. The molecule has 5 nitrogen and oxygen atoms in total. The topological polar surface area (TPSA) is 80.4 Å². The second-order valence-corrected chi connectivity index (χ2v) is 3.26. The van der Waals surface area contributed by atoms with E-state index < -0.39 is 17.9 Å². The molecule has 1 unspecified atom stereocenters. The number of carbonyl (C=O) groups excluding carboxylic acids is 1. The van der Waals surface area contributed by atoms with Gasteiger partial charge in [0.1, 0.15) is 0 Å². The van der Waals surface area contributed by atoms with Crippen LogP contribution in [0.5, 0.6) is 0 Å². The number of hydrogen-bond donors (Lipinski definition) is 2. The predicted octanol–water partition coefficient (Wildman–Crippen LogP) is -1.37. The summed E-state index contributed by atoms with van der Waals surface area (Å²) in [6.07, 6.45) is 0. The number of carboxylic acids is 1. The molecule has 0 radical (unpaired) electrons. The second kappa shape index (κ2) is 2.87. The first-order valence-corrected chi connectivity index (χ1v) is 3.10. The van der Waals surface area contributed by atoms with E-state index in [1.165, 1.54) is 0 Å². The Kier molecular flexibility index (Phi) is 2.59. The summed E-state index contributed by atoms with van der Waals surface area (Å²) >= 11 is 0. The van der Waals surface area contributed by atoms with Crippen LogP contribution in [-0.4, -0.2) is 48.7 Å². The predicted molar refractivity (Wildman–Crippen MR) is 38.7 cm³/mol. The second-order valence-electron chi connectivity index (χ2n) is 3.26. The van der Waals surface area contributed by atoms with Crippen molar-refractivity contribution in [1.82, 2.24) is 0 Å². The van der Waals surface area contributed by atoms with Gasteiger partial charge in [-0.1, -0.05) is 0 Å². The summed E-state index contributed by atoms with van der Waals surface area (Å²) in [5.74, 6) is -2.00. The number of nitrogens with zero attached hydrogens (tertiary/aromatic N) is 1. The van der Waals surface area contributed by atoms with E-state index in [1.807, 2.05) is 0 Å². The molecule has 3 N–H and O–H groups in total. The van der Waals surface area contributed by atoms with Crippen LogP contribution in [0.15, 0.2) is 0 Å². The summed E-state index contributed by atoms with van der Waals surface area (Å²) in [7, 11) is 4.80. The molecule has 11 heavy (non-hydrogen) atoms. The highest BCUT2D eigenvalue weighted by atomic mass is 16.4. The number of quaternary nitrogens is 1. The van der Waals surface area contributed by atoms with Gasteiger partial charge in [-0.15, -0.1) is 0 Å². The number of hydrogen-bond acceptors (Lipinski definition) is 2. The van der Waals surface area contributed by atoms with E-state index in [-0.39, 0.29) is 4.48 Å². The van der Waals surface area contributed by atoms with Gasteiger partial charge in [0.15, 0.2) is 0 Å². The molecule has 0 aromatic carbocycles. The minimum atomic E-state index is -1.19. The van der Waals surface area contributed by atoms with Crippen molar-refractivity contribution in [3.05, 3.63) is 0 Å². The number of aliphatic carboxylic acids is 1. The standard InChI is InChI=1S/C6H12N2O3/c1-8(2,3)4(5(7)9)6(10)11/h4H,1-3H3,(H2-,7,9,10,11)/p+1. The van der Waals surface area contributed by atoms with Gasteiger partial charge in [0.2, 0.25) is 0 Å².